The summed E-state index contributed by atoms with van der Waals surface area (Å²) in [5.74, 6) is -3.34. The summed E-state index contributed by atoms with van der Waals surface area (Å²) < 4.78 is 27.7. The van der Waals surface area contributed by atoms with Crippen LogP contribution in [0.15, 0.2) is 42.5 Å². The van der Waals surface area contributed by atoms with Crippen molar-refractivity contribution >= 4 is 29.2 Å². The summed E-state index contributed by atoms with van der Waals surface area (Å²) in [6, 6.07) is 8.28. The van der Waals surface area contributed by atoms with Crippen molar-refractivity contribution in [3.63, 3.8) is 0 Å². The molecule has 1 atom stereocenters. The summed E-state index contributed by atoms with van der Waals surface area (Å²) in [6.45, 7) is 1.16. The Balaban J connectivity index is 2.23. The number of halogens is 2. The van der Waals surface area contributed by atoms with Gasteiger partial charge in [-0.3, -0.25) is 9.59 Å². The van der Waals surface area contributed by atoms with Crippen LogP contribution in [0.2, 0.25) is 0 Å². The summed E-state index contributed by atoms with van der Waals surface area (Å²) >= 11 is 0. The molecular formula is C18H18F2N4O3. The van der Waals surface area contributed by atoms with E-state index in [4.69, 9.17) is 5.73 Å². The van der Waals surface area contributed by atoms with Crippen molar-refractivity contribution in [2.24, 2.45) is 5.73 Å². The number of carbonyl (C=O) groups excluding carboxylic acids is 3. The van der Waals surface area contributed by atoms with E-state index in [9.17, 15) is 23.2 Å². The molecule has 0 fully saturated rings. The number of amides is 4. The van der Waals surface area contributed by atoms with Gasteiger partial charge in [0.05, 0.1) is 11.4 Å². The molecule has 7 nitrogen and oxygen atoms in total. The van der Waals surface area contributed by atoms with E-state index in [1.54, 1.807) is 30.3 Å². The van der Waals surface area contributed by atoms with E-state index in [1.165, 1.54) is 0 Å². The van der Waals surface area contributed by atoms with Crippen molar-refractivity contribution < 1.29 is 23.2 Å². The topological polar surface area (TPSA) is 113 Å². The van der Waals surface area contributed by atoms with Gasteiger partial charge in [-0.05, 0) is 11.6 Å². The van der Waals surface area contributed by atoms with E-state index >= 15 is 0 Å². The van der Waals surface area contributed by atoms with Crippen LogP contribution >= 0.6 is 0 Å². The minimum atomic E-state index is -1.08. The number of carbonyl (C=O) groups is 3. The smallest absolute Gasteiger partial charge is 0.312 e. The van der Waals surface area contributed by atoms with Crippen LogP contribution in [-0.2, 0) is 16.0 Å². The molecule has 5 N–H and O–H groups in total. The van der Waals surface area contributed by atoms with E-state index < -0.39 is 35.5 Å². The van der Waals surface area contributed by atoms with Gasteiger partial charge >= 0.3 is 6.03 Å². The van der Waals surface area contributed by atoms with Crippen LogP contribution in [0.4, 0.5) is 25.0 Å². The Labute approximate surface area is 153 Å². The van der Waals surface area contributed by atoms with Gasteiger partial charge in [0.1, 0.15) is 17.7 Å². The maximum absolute atomic E-state index is 14.0. The third kappa shape index (κ3) is 5.77. The zero-order valence-electron chi connectivity index (χ0n) is 14.4. The van der Waals surface area contributed by atoms with Crippen LogP contribution in [0.25, 0.3) is 0 Å². The Hall–Kier alpha value is -3.49. The zero-order valence-corrected chi connectivity index (χ0v) is 14.4. The molecule has 0 saturated heterocycles. The number of rotatable bonds is 6. The van der Waals surface area contributed by atoms with Gasteiger partial charge in [-0.25, -0.2) is 13.6 Å². The third-order valence-corrected chi connectivity index (χ3v) is 3.54. The van der Waals surface area contributed by atoms with Crippen molar-refractivity contribution in [3.05, 3.63) is 59.7 Å². The van der Waals surface area contributed by atoms with Crippen molar-refractivity contribution in [3.8, 4) is 0 Å². The Morgan fingerprint density at radius 1 is 1.00 bits per heavy atom. The average Bonchev–Trinajstić information content (AvgIpc) is 2.58. The molecule has 4 amide bonds. The standard InChI is InChI=1S/C18H18F2N4O3/c1-10(25)22-14-9-15(13(20)8-12(14)19)23-17(26)16(24-18(21)27)7-11-5-3-2-4-6-11/h2-6,8-9,16H,7H2,1H3,(H,22,25)(H,23,26)(H3,21,24,27). The highest BCUT2D eigenvalue weighted by molar-refractivity contribution is 5.98. The number of urea groups is 1. The molecule has 2 rings (SSSR count). The first-order chi connectivity index (χ1) is 12.8. The van der Waals surface area contributed by atoms with Gasteiger partial charge in [0, 0.05) is 19.4 Å². The molecule has 142 valence electrons. The molecule has 27 heavy (non-hydrogen) atoms. The Bertz CT molecular complexity index is 859. The van der Waals surface area contributed by atoms with Crippen molar-refractivity contribution in [2.75, 3.05) is 10.6 Å². The van der Waals surface area contributed by atoms with Crippen molar-refractivity contribution in [2.45, 2.75) is 19.4 Å². The Morgan fingerprint density at radius 3 is 2.15 bits per heavy atom. The molecule has 0 bridgehead atoms. The number of benzene rings is 2. The normalized spacial score (nSPS) is 11.4. The van der Waals surface area contributed by atoms with Gasteiger partial charge in [0.15, 0.2) is 0 Å². The first kappa shape index (κ1) is 19.8. The lowest BCUT2D eigenvalue weighted by Crippen LogP contribution is -2.47. The second kappa shape index (κ2) is 8.75. The summed E-state index contributed by atoms with van der Waals surface area (Å²) in [7, 11) is 0. The van der Waals surface area contributed by atoms with Crippen LogP contribution < -0.4 is 21.7 Å². The van der Waals surface area contributed by atoms with Crippen LogP contribution in [0.3, 0.4) is 0 Å². The molecule has 0 heterocycles. The molecule has 2 aromatic carbocycles. The summed E-state index contributed by atoms with van der Waals surface area (Å²) in [5, 5.41) is 6.75. The van der Waals surface area contributed by atoms with Gasteiger partial charge in [0.25, 0.3) is 0 Å². The maximum Gasteiger partial charge on any atom is 0.312 e. The van der Waals surface area contributed by atoms with Crippen molar-refractivity contribution in [1.29, 1.82) is 0 Å². The Kier molecular flexibility index (Phi) is 6.42. The summed E-state index contributed by atoms with van der Waals surface area (Å²) in [6.07, 6.45) is 0.108. The zero-order chi connectivity index (χ0) is 20.0. The lowest BCUT2D eigenvalue weighted by Gasteiger charge is -2.18. The predicted octanol–water partition coefficient (Wildman–Crippen LogP) is 2.14. The molecule has 0 aliphatic rings. The largest absolute Gasteiger partial charge is 0.352 e. The van der Waals surface area contributed by atoms with Crippen LogP contribution in [0, 0.1) is 11.6 Å². The van der Waals surface area contributed by atoms with E-state index in [-0.39, 0.29) is 17.8 Å². The first-order valence-electron chi connectivity index (χ1n) is 7.93. The van der Waals surface area contributed by atoms with E-state index in [1.807, 2.05) is 0 Å². The highest BCUT2D eigenvalue weighted by atomic mass is 19.1. The highest BCUT2D eigenvalue weighted by Crippen LogP contribution is 2.24. The molecule has 0 aliphatic carbocycles. The van der Waals surface area contributed by atoms with Gasteiger partial charge in [0.2, 0.25) is 11.8 Å². The molecule has 0 saturated carbocycles. The maximum atomic E-state index is 14.0. The number of anilines is 2. The summed E-state index contributed by atoms with van der Waals surface area (Å²) in [5.41, 5.74) is 5.20. The van der Waals surface area contributed by atoms with E-state index in [2.05, 4.69) is 16.0 Å². The minimum Gasteiger partial charge on any atom is -0.352 e. The molecular weight excluding hydrogens is 358 g/mol. The fraction of sp³-hybridized carbons (Fsp3) is 0.167. The van der Waals surface area contributed by atoms with E-state index in [0.717, 1.165) is 18.6 Å². The number of nitrogens with two attached hydrogens (primary N) is 1. The fourth-order valence-electron chi connectivity index (χ4n) is 2.38. The minimum absolute atomic E-state index is 0.108. The van der Waals surface area contributed by atoms with Gasteiger partial charge in [-0.15, -0.1) is 0 Å². The first-order valence-corrected chi connectivity index (χ1v) is 7.93. The molecule has 1 unspecified atom stereocenters. The monoisotopic (exact) mass is 376 g/mol. The third-order valence-electron chi connectivity index (χ3n) is 3.54. The predicted molar refractivity (Wildman–Crippen MR) is 95.9 cm³/mol. The molecule has 9 heteroatoms. The molecule has 0 aromatic heterocycles. The SMILES string of the molecule is CC(=O)Nc1cc(NC(=O)C(Cc2ccccc2)NC(N)=O)c(F)cc1F. The lowest BCUT2D eigenvalue weighted by molar-refractivity contribution is -0.118. The lowest BCUT2D eigenvalue weighted by atomic mass is 10.1. The molecule has 0 spiro atoms. The molecule has 0 aliphatic heterocycles. The number of nitrogens with one attached hydrogen (secondary N) is 3. The van der Waals surface area contributed by atoms with Crippen LogP contribution in [-0.4, -0.2) is 23.9 Å². The quantitative estimate of drug-likeness (QED) is 0.619. The van der Waals surface area contributed by atoms with Crippen LogP contribution in [0.1, 0.15) is 12.5 Å². The molecule has 0 radical (unpaired) electrons. The van der Waals surface area contributed by atoms with Gasteiger partial charge in [-0.1, -0.05) is 30.3 Å². The van der Waals surface area contributed by atoms with Gasteiger partial charge < -0.3 is 21.7 Å². The molecule has 2 aromatic rings. The van der Waals surface area contributed by atoms with Gasteiger partial charge in [-0.2, -0.15) is 0 Å². The fourth-order valence-corrected chi connectivity index (χ4v) is 2.38. The highest BCUT2D eigenvalue weighted by Gasteiger charge is 2.22. The number of hydrogen-bond donors (Lipinski definition) is 4. The Morgan fingerprint density at radius 2 is 1.59 bits per heavy atom. The van der Waals surface area contributed by atoms with Crippen molar-refractivity contribution in [1.82, 2.24) is 5.32 Å². The number of primary amides is 1. The van der Waals surface area contributed by atoms with E-state index in [0.29, 0.717) is 6.07 Å². The number of hydrogen-bond acceptors (Lipinski definition) is 3. The van der Waals surface area contributed by atoms with Crippen LogP contribution in [0.5, 0.6) is 0 Å². The average molecular weight is 376 g/mol. The summed E-state index contributed by atoms with van der Waals surface area (Å²) in [4.78, 5) is 34.8. The second-order valence-corrected chi connectivity index (χ2v) is 5.73. The second-order valence-electron chi connectivity index (χ2n) is 5.73.